The van der Waals surface area contributed by atoms with Gasteiger partial charge in [0.15, 0.2) is 0 Å². The first-order chi connectivity index (χ1) is 7.22. The SMILES string of the molecule is CCc1nc(N2CCCC2)[nH]c(=O)c1I. The van der Waals surface area contributed by atoms with Gasteiger partial charge < -0.3 is 4.90 Å². The van der Waals surface area contributed by atoms with Crippen molar-refractivity contribution in [3.63, 3.8) is 0 Å². The molecule has 0 unspecified atom stereocenters. The molecule has 1 aliphatic heterocycles. The number of nitrogens with zero attached hydrogens (tertiary/aromatic N) is 2. The number of hydrogen-bond acceptors (Lipinski definition) is 3. The van der Waals surface area contributed by atoms with Crippen LogP contribution in [0.1, 0.15) is 25.5 Å². The van der Waals surface area contributed by atoms with E-state index in [4.69, 9.17) is 0 Å². The second kappa shape index (κ2) is 4.51. The van der Waals surface area contributed by atoms with Crippen LogP contribution in [0.2, 0.25) is 0 Å². The van der Waals surface area contributed by atoms with Crippen molar-refractivity contribution in [2.45, 2.75) is 26.2 Å². The third-order valence-electron chi connectivity index (χ3n) is 2.66. The molecule has 0 radical (unpaired) electrons. The predicted molar refractivity (Wildman–Crippen MR) is 68.4 cm³/mol. The molecule has 0 aromatic carbocycles. The molecule has 1 saturated heterocycles. The maximum Gasteiger partial charge on any atom is 0.265 e. The zero-order valence-corrected chi connectivity index (χ0v) is 10.9. The maximum absolute atomic E-state index is 11.6. The highest BCUT2D eigenvalue weighted by Gasteiger charge is 2.16. The van der Waals surface area contributed by atoms with Gasteiger partial charge >= 0.3 is 0 Å². The molecule has 15 heavy (non-hydrogen) atoms. The fraction of sp³-hybridized carbons (Fsp3) is 0.600. The lowest BCUT2D eigenvalue weighted by Gasteiger charge is -2.16. The number of anilines is 1. The van der Waals surface area contributed by atoms with Gasteiger partial charge in [-0.1, -0.05) is 6.92 Å². The molecule has 5 heteroatoms. The number of aromatic nitrogens is 2. The Bertz CT molecular complexity index is 410. The summed E-state index contributed by atoms with van der Waals surface area (Å²) < 4.78 is 0.720. The van der Waals surface area contributed by atoms with Crippen LogP contribution >= 0.6 is 22.6 Å². The third kappa shape index (κ3) is 2.16. The predicted octanol–water partition coefficient (Wildman–Crippen LogP) is 1.54. The van der Waals surface area contributed by atoms with Crippen molar-refractivity contribution >= 4 is 28.5 Å². The van der Waals surface area contributed by atoms with E-state index < -0.39 is 0 Å². The van der Waals surface area contributed by atoms with Crippen molar-refractivity contribution in [1.82, 2.24) is 9.97 Å². The zero-order valence-electron chi connectivity index (χ0n) is 8.72. The summed E-state index contributed by atoms with van der Waals surface area (Å²) in [5.74, 6) is 0.745. The molecule has 0 spiro atoms. The van der Waals surface area contributed by atoms with Crippen LogP contribution in [0.3, 0.4) is 0 Å². The second-order valence-electron chi connectivity index (χ2n) is 3.70. The lowest BCUT2D eigenvalue weighted by molar-refractivity contribution is 0.858. The first-order valence-electron chi connectivity index (χ1n) is 5.26. The van der Waals surface area contributed by atoms with Crippen molar-refractivity contribution < 1.29 is 0 Å². The third-order valence-corrected chi connectivity index (χ3v) is 3.77. The average molecular weight is 319 g/mol. The van der Waals surface area contributed by atoms with Gasteiger partial charge in [-0.2, -0.15) is 0 Å². The lowest BCUT2D eigenvalue weighted by atomic mass is 10.3. The Hall–Kier alpha value is -0.590. The number of halogens is 1. The van der Waals surface area contributed by atoms with Crippen molar-refractivity contribution in [1.29, 1.82) is 0 Å². The molecule has 1 aliphatic rings. The molecule has 1 aromatic rings. The first-order valence-corrected chi connectivity index (χ1v) is 6.34. The number of hydrogen-bond donors (Lipinski definition) is 1. The molecule has 82 valence electrons. The molecule has 0 saturated carbocycles. The Morgan fingerprint density at radius 2 is 2.13 bits per heavy atom. The minimum atomic E-state index is -0.00986. The second-order valence-corrected chi connectivity index (χ2v) is 4.78. The summed E-state index contributed by atoms with van der Waals surface area (Å²) in [6, 6.07) is 0. The number of H-pyrrole nitrogens is 1. The molecule has 1 fully saturated rings. The van der Waals surface area contributed by atoms with Gasteiger partial charge in [-0.05, 0) is 41.9 Å². The number of nitrogens with one attached hydrogen (secondary N) is 1. The molecule has 2 rings (SSSR count). The smallest absolute Gasteiger partial charge is 0.265 e. The maximum atomic E-state index is 11.6. The zero-order chi connectivity index (χ0) is 10.8. The van der Waals surface area contributed by atoms with E-state index in [1.807, 2.05) is 6.92 Å². The van der Waals surface area contributed by atoms with Gasteiger partial charge in [0.25, 0.3) is 5.56 Å². The summed E-state index contributed by atoms with van der Waals surface area (Å²) in [7, 11) is 0. The van der Waals surface area contributed by atoms with Gasteiger partial charge in [-0.3, -0.25) is 9.78 Å². The lowest BCUT2D eigenvalue weighted by Crippen LogP contribution is -2.26. The first kappa shape index (κ1) is 10.9. The van der Waals surface area contributed by atoms with E-state index in [9.17, 15) is 4.79 Å². The van der Waals surface area contributed by atoms with E-state index in [-0.39, 0.29) is 5.56 Å². The van der Waals surface area contributed by atoms with Crippen molar-refractivity contribution in [2.75, 3.05) is 18.0 Å². The van der Waals surface area contributed by atoms with E-state index in [0.29, 0.717) is 0 Å². The van der Waals surface area contributed by atoms with E-state index in [1.54, 1.807) is 0 Å². The normalized spacial score (nSPS) is 16.0. The van der Waals surface area contributed by atoms with Crippen LogP contribution in [0.5, 0.6) is 0 Å². The summed E-state index contributed by atoms with van der Waals surface area (Å²) in [6.45, 7) is 4.04. The summed E-state index contributed by atoms with van der Waals surface area (Å²) in [4.78, 5) is 21.1. The Labute approximate surface area is 102 Å². The molecule has 4 nitrogen and oxygen atoms in total. The van der Waals surface area contributed by atoms with E-state index in [2.05, 4.69) is 37.5 Å². The van der Waals surface area contributed by atoms with Crippen molar-refractivity contribution in [2.24, 2.45) is 0 Å². The number of aromatic amines is 1. The molecule has 1 N–H and O–H groups in total. The highest BCUT2D eigenvalue weighted by atomic mass is 127. The van der Waals surface area contributed by atoms with Crippen LogP contribution in [-0.4, -0.2) is 23.1 Å². The summed E-state index contributed by atoms with van der Waals surface area (Å²) in [6.07, 6.45) is 3.19. The molecule has 0 bridgehead atoms. The Kier molecular flexibility index (Phi) is 3.28. The molecule has 1 aromatic heterocycles. The van der Waals surface area contributed by atoms with Gasteiger partial charge in [-0.15, -0.1) is 0 Å². The van der Waals surface area contributed by atoms with Crippen LogP contribution < -0.4 is 10.5 Å². The standard InChI is InChI=1S/C10H14IN3O/c1-2-7-8(11)9(15)13-10(12-7)14-5-3-4-6-14/h2-6H2,1H3,(H,12,13,15). The summed E-state index contributed by atoms with van der Waals surface area (Å²) >= 11 is 2.06. The minimum Gasteiger partial charge on any atom is -0.342 e. The minimum absolute atomic E-state index is 0.00986. The molecule has 0 aliphatic carbocycles. The quantitative estimate of drug-likeness (QED) is 0.841. The van der Waals surface area contributed by atoms with E-state index in [0.717, 1.165) is 34.7 Å². The van der Waals surface area contributed by atoms with Crippen LogP contribution in [0.25, 0.3) is 0 Å². The Morgan fingerprint density at radius 1 is 1.47 bits per heavy atom. The summed E-state index contributed by atoms with van der Waals surface area (Å²) in [5, 5.41) is 0. The van der Waals surface area contributed by atoms with Gasteiger partial charge in [0.2, 0.25) is 5.95 Å². The van der Waals surface area contributed by atoms with E-state index >= 15 is 0 Å². The van der Waals surface area contributed by atoms with Crippen molar-refractivity contribution in [3.05, 3.63) is 19.6 Å². The van der Waals surface area contributed by atoms with Crippen LogP contribution in [-0.2, 0) is 6.42 Å². The molecule has 0 atom stereocenters. The fourth-order valence-electron chi connectivity index (χ4n) is 1.81. The van der Waals surface area contributed by atoms with Gasteiger partial charge in [0, 0.05) is 13.1 Å². The van der Waals surface area contributed by atoms with Gasteiger partial charge in [0.1, 0.15) is 0 Å². The Balaban J connectivity index is 2.40. The Morgan fingerprint density at radius 3 is 2.73 bits per heavy atom. The van der Waals surface area contributed by atoms with Crippen LogP contribution in [0.15, 0.2) is 4.79 Å². The number of rotatable bonds is 2. The van der Waals surface area contributed by atoms with Gasteiger partial charge in [0.05, 0.1) is 9.26 Å². The van der Waals surface area contributed by atoms with Crippen LogP contribution in [0, 0.1) is 3.57 Å². The number of aryl methyl sites for hydroxylation is 1. The highest BCUT2D eigenvalue weighted by Crippen LogP contribution is 2.16. The molecule has 0 amide bonds. The summed E-state index contributed by atoms with van der Waals surface area (Å²) in [5.41, 5.74) is 0.894. The molecular formula is C10H14IN3O. The monoisotopic (exact) mass is 319 g/mol. The van der Waals surface area contributed by atoms with Crippen LogP contribution in [0.4, 0.5) is 5.95 Å². The largest absolute Gasteiger partial charge is 0.342 e. The van der Waals surface area contributed by atoms with E-state index in [1.165, 1.54) is 12.8 Å². The highest BCUT2D eigenvalue weighted by molar-refractivity contribution is 14.1. The van der Waals surface area contributed by atoms with Crippen molar-refractivity contribution in [3.8, 4) is 0 Å². The fourth-order valence-corrected chi connectivity index (χ4v) is 2.44. The average Bonchev–Trinajstić information content (AvgIpc) is 2.75. The van der Waals surface area contributed by atoms with Gasteiger partial charge in [-0.25, -0.2) is 4.98 Å². The topological polar surface area (TPSA) is 49.0 Å². The molecule has 2 heterocycles. The molecular weight excluding hydrogens is 305 g/mol.